The van der Waals surface area contributed by atoms with E-state index in [1.807, 2.05) is 48.5 Å². The molecule has 192 valence electrons. The Labute approximate surface area is 218 Å². The van der Waals surface area contributed by atoms with Crippen LogP contribution in [-0.4, -0.2) is 52.8 Å². The average molecular weight is 522 g/mol. The molecule has 1 saturated heterocycles. The third-order valence-electron chi connectivity index (χ3n) is 5.51. The number of nitrogens with one attached hydrogen (secondary N) is 2. The smallest absolute Gasteiger partial charge is 0.410 e. The Morgan fingerprint density at radius 2 is 1.81 bits per heavy atom. The number of esters is 1. The Hall–Kier alpha value is -4.25. The molecule has 2 N–H and O–H groups in total. The van der Waals surface area contributed by atoms with Gasteiger partial charge in [-0.15, -0.1) is 11.3 Å². The maximum absolute atomic E-state index is 13.0. The standard InChI is InChI=1S/C26H27N5O5S/c1-2-35-24(33)22(30-29-19-12-7-4-8-13-19)20-17-37-25(27-20)28-23(32)21-14-9-15-31(21)26(34)36-16-18-10-5-3-6-11-18/h3-8,10-13,17,21,29H,2,9,14-16H2,1H3,(H,27,28,32)/b30-22+. The number of benzene rings is 2. The second-order valence-electron chi connectivity index (χ2n) is 8.08. The van der Waals surface area contributed by atoms with Crippen LogP contribution >= 0.6 is 11.3 Å². The van der Waals surface area contributed by atoms with Gasteiger partial charge in [-0.25, -0.2) is 14.6 Å². The number of carbonyl (C=O) groups excluding carboxylic acids is 3. The second kappa shape index (κ2) is 12.6. The third kappa shape index (κ3) is 6.91. The van der Waals surface area contributed by atoms with Gasteiger partial charge in [0.15, 0.2) is 10.8 Å². The minimum absolute atomic E-state index is 0.0190. The lowest BCUT2D eigenvalue weighted by atomic mass is 10.2. The Balaban J connectivity index is 1.41. The summed E-state index contributed by atoms with van der Waals surface area (Å²) in [6.07, 6.45) is 0.665. The number of nitrogens with zero attached hydrogens (tertiary/aromatic N) is 3. The van der Waals surface area contributed by atoms with Gasteiger partial charge in [0.05, 0.1) is 12.3 Å². The van der Waals surface area contributed by atoms with Crippen LogP contribution in [0.15, 0.2) is 71.1 Å². The van der Waals surface area contributed by atoms with E-state index in [1.165, 1.54) is 4.90 Å². The van der Waals surface area contributed by atoms with E-state index in [0.29, 0.717) is 25.1 Å². The van der Waals surface area contributed by atoms with Crippen molar-refractivity contribution in [2.45, 2.75) is 32.4 Å². The van der Waals surface area contributed by atoms with Gasteiger partial charge in [-0.3, -0.25) is 15.1 Å². The van der Waals surface area contributed by atoms with Crippen molar-refractivity contribution in [1.29, 1.82) is 0 Å². The average Bonchev–Trinajstić information content (AvgIpc) is 3.59. The first-order chi connectivity index (χ1) is 18.0. The van der Waals surface area contributed by atoms with Gasteiger partial charge < -0.3 is 14.8 Å². The zero-order valence-corrected chi connectivity index (χ0v) is 21.1. The molecule has 0 bridgehead atoms. The second-order valence-corrected chi connectivity index (χ2v) is 8.94. The van der Waals surface area contributed by atoms with Crippen LogP contribution in [0, 0.1) is 0 Å². The third-order valence-corrected chi connectivity index (χ3v) is 6.27. The molecule has 11 heteroatoms. The first-order valence-corrected chi connectivity index (χ1v) is 12.7. The number of para-hydroxylation sites is 1. The summed E-state index contributed by atoms with van der Waals surface area (Å²) in [5, 5.41) is 8.83. The molecule has 2 amide bonds. The van der Waals surface area contributed by atoms with Crippen LogP contribution in [0.5, 0.6) is 0 Å². The Bertz CT molecular complexity index is 1250. The molecule has 0 saturated carbocycles. The molecule has 2 aromatic carbocycles. The summed E-state index contributed by atoms with van der Waals surface area (Å²) in [6, 6.07) is 17.8. The van der Waals surface area contributed by atoms with Crippen LogP contribution in [-0.2, 0) is 25.7 Å². The molecule has 0 aliphatic carbocycles. The summed E-state index contributed by atoms with van der Waals surface area (Å²) in [5.41, 5.74) is 4.62. The van der Waals surface area contributed by atoms with Crippen molar-refractivity contribution < 1.29 is 23.9 Å². The lowest BCUT2D eigenvalue weighted by Gasteiger charge is -2.22. The van der Waals surface area contributed by atoms with Crippen molar-refractivity contribution in [1.82, 2.24) is 9.88 Å². The molecule has 1 fully saturated rings. The summed E-state index contributed by atoms with van der Waals surface area (Å²) in [5.74, 6) is -1.01. The highest BCUT2D eigenvalue weighted by Crippen LogP contribution is 2.23. The predicted molar refractivity (Wildman–Crippen MR) is 140 cm³/mol. The topological polar surface area (TPSA) is 122 Å². The lowest BCUT2D eigenvalue weighted by molar-refractivity contribution is -0.135. The number of amides is 2. The number of likely N-dealkylation sites (tertiary alicyclic amines) is 1. The molecule has 1 unspecified atom stereocenters. The number of thiazole rings is 1. The van der Waals surface area contributed by atoms with Gasteiger partial charge in [0, 0.05) is 11.9 Å². The number of rotatable bonds is 9. The van der Waals surface area contributed by atoms with Gasteiger partial charge in [-0.1, -0.05) is 48.5 Å². The number of hydrogen-bond donors (Lipinski definition) is 2. The van der Waals surface area contributed by atoms with E-state index in [-0.39, 0.29) is 35.7 Å². The zero-order chi connectivity index (χ0) is 26.0. The van der Waals surface area contributed by atoms with E-state index in [4.69, 9.17) is 9.47 Å². The zero-order valence-electron chi connectivity index (χ0n) is 20.3. The quantitative estimate of drug-likeness (QED) is 0.245. The fraction of sp³-hybridized carbons (Fsp3) is 0.269. The first-order valence-electron chi connectivity index (χ1n) is 11.8. The molecule has 10 nitrogen and oxygen atoms in total. The predicted octanol–water partition coefficient (Wildman–Crippen LogP) is 4.26. The van der Waals surface area contributed by atoms with E-state index >= 15 is 0 Å². The molecule has 1 aliphatic heterocycles. The van der Waals surface area contributed by atoms with Crippen molar-refractivity contribution in [3.63, 3.8) is 0 Å². The Morgan fingerprint density at radius 3 is 2.54 bits per heavy atom. The van der Waals surface area contributed by atoms with Crippen LogP contribution in [0.4, 0.5) is 15.6 Å². The summed E-state index contributed by atoms with van der Waals surface area (Å²) in [7, 11) is 0. The van der Waals surface area contributed by atoms with Gasteiger partial charge in [0.25, 0.3) is 0 Å². The molecule has 4 rings (SSSR count). The molecular weight excluding hydrogens is 494 g/mol. The van der Waals surface area contributed by atoms with Crippen molar-refractivity contribution in [2.24, 2.45) is 5.10 Å². The van der Waals surface area contributed by atoms with Crippen LogP contribution in [0.1, 0.15) is 31.0 Å². The number of hydrazone groups is 1. The van der Waals surface area contributed by atoms with E-state index in [2.05, 4.69) is 20.8 Å². The van der Waals surface area contributed by atoms with Crippen molar-refractivity contribution in [3.05, 3.63) is 77.3 Å². The van der Waals surface area contributed by atoms with Crippen LogP contribution in [0.25, 0.3) is 0 Å². The SMILES string of the molecule is CCOC(=O)/C(=N/Nc1ccccc1)c1csc(NC(=O)C2CCCN2C(=O)OCc2ccccc2)n1. The van der Waals surface area contributed by atoms with Gasteiger partial charge in [-0.2, -0.15) is 5.10 Å². The molecule has 0 radical (unpaired) electrons. The molecule has 0 spiro atoms. The molecule has 2 heterocycles. The number of anilines is 2. The van der Waals surface area contributed by atoms with E-state index in [0.717, 1.165) is 16.9 Å². The van der Waals surface area contributed by atoms with Crippen LogP contribution in [0.3, 0.4) is 0 Å². The number of carbonyl (C=O) groups is 3. The molecular formula is C26H27N5O5S. The van der Waals surface area contributed by atoms with Crippen molar-refractivity contribution >= 4 is 45.8 Å². The highest BCUT2D eigenvalue weighted by molar-refractivity contribution is 7.14. The lowest BCUT2D eigenvalue weighted by Crippen LogP contribution is -2.43. The van der Waals surface area contributed by atoms with Crippen molar-refractivity contribution in [3.8, 4) is 0 Å². The van der Waals surface area contributed by atoms with Crippen LogP contribution in [0.2, 0.25) is 0 Å². The largest absolute Gasteiger partial charge is 0.461 e. The molecule has 1 aromatic heterocycles. The first kappa shape index (κ1) is 25.8. The number of aromatic nitrogens is 1. The highest BCUT2D eigenvalue weighted by atomic mass is 32.1. The highest BCUT2D eigenvalue weighted by Gasteiger charge is 2.35. The maximum Gasteiger partial charge on any atom is 0.410 e. The Morgan fingerprint density at radius 1 is 1.08 bits per heavy atom. The molecule has 1 aliphatic rings. The van der Waals surface area contributed by atoms with Crippen molar-refractivity contribution in [2.75, 3.05) is 23.9 Å². The summed E-state index contributed by atoms with van der Waals surface area (Å²) >= 11 is 1.15. The van der Waals surface area contributed by atoms with Gasteiger partial charge in [0.2, 0.25) is 5.91 Å². The summed E-state index contributed by atoms with van der Waals surface area (Å²) < 4.78 is 10.5. The minimum atomic E-state index is -0.673. The van der Waals surface area contributed by atoms with E-state index in [1.54, 1.807) is 24.4 Å². The van der Waals surface area contributed by atoms with Gasteiger partial charge in [-0.05, 0) is 37.5 Å². The maximum atomic E-state index is 13.0. The Kier molecular flexibility index (Phi) is 8.82. The van der Waals surface area contributed by atoms with Gasteiger partial charge >= 0.3 is 12.1 Å². The number of hydrogen-bond acceptors (Lipinski definition) is 9. The van der Waals surface area contributed by atoms with Gasteiger partial charge in [0.1, 0.15) is 18.3 Å². The van der Waals surface area contributed by atoms with E-state index in [9.17, 15) is 14.4 Å². The fourth-order valence-corrected chi connectivity index (χ4v) is 4.43. The van der Waals surface area contributed by atoms with Crippen LogP contribution < -0.4 is 10.7 Å². The number of ether oxygens (including phenoxy) is 2. The minimum Gasteiger partial charge on any atom is -0.461 e. The fourth-order valence-electron chi connectivity index (χ4n) is 3.73. The normalized spacial score (nSPS) is 15.2. The monoisotopic (exact) mass is 521 g/mol. The summed E-state index contributed by atoms with van der Waals surface area (Å²) in [4.78, 5) is 44.0. The molecule has 1 atom stereocenters. The molecule has 37 heavy (non-hydrogen) atoms. The molecule has 3 aromatic rings. The van der Waals surface area contributed by atoms with E-state index < -0.39 is 18.1 Å². The summed E-state index contributed by atoms with van der Waals surface area (Å²) in [6.45, 7) is 2.44.